The first-order valence-electron chi connectivity index (χ1n) is 6.62. The molecule has 5 heteroatoms. The molecule has 1 saturated carbocycles. The summed E-state index contributed by atoms with van der Waals surface area (Å²) in [6.45, 7) is 4.00. The van der Waals surface area contributed by atoms with Crippen molar-refractivity contribution < 1.29 is 4.74 Å². The highest BCUT2D eigenvalue weighted by Gasteiger charge is 2.39. The molecule has 2 atom stereocenters. The van der Waals surface area contributed by atoms with Crippen molar-refractivity contribution in [3.05, 3.63) is 17.1 Å². The van der Waals surface area contributed by atoms with E-state index in [9.17, 15) is 0 Å². The zero-order chi connectivity index (χ0) is 14.0. The van der Waals surface area contributed by atoms with E-state index in [0.717, 1.165) is 19.3 Å². The summed E-state index contributed by atoms with van der Waals surface area (Å²) in [4.78, 5) is 8.79. The number of aryl methyl sites for hydroxylation is 1. The van der Waals surface area contributed by atoms with Gasteiger partial charge < -0.3 is 10.5 Å². The van der Waals surface area contributed by atoms with E-state index in [1.54, 1.807) is 14.0 Å². The van der Waals surface area contributed by atoms with Crippen molar-refractivity contribution in [1.29, 1.82) is 5.26 Å². The monoisotopic (exact) mass is 260 g/mol. The number of nitrogens with two attached hydrogens (primary N) is 1. The van der Waals surface area contributed by atoms with Crippen molar-refractivity contribution in [3.8, 4) is 6.07 Å². The van der Waals surface area contributed by atoms with Crippen LogP contribution in [-0.2, 0) is 10.3 Å². The summed E-state index contributed by atoms with van der Waals surface area (Å²) in [6.07, 6.45) is 4.10. The molecule has 0 saturated heterocycles. The molecule has 102 valence electrons. The van der Waals surface area contributed by atoms with Gasteiger partial charge in [0.05, 0.1) is 5.69 Å². The topological polar surface area (TPSA) is 84.8 Å². The van der Waals surface area contributed by atoms with Gasteiger partial charge in [-0.2, -0.15) is 5.26 Å². The van der Waals surface area contributed by atoms with Gasteiger partial charge in [-0.05, 0) is 32.1 Å². The highest BCUT2D eigenvalue weighted by Crippen LogP contribution is 2.41. The van der Waals surface area contributed by atoms with Gasteiger partial charge in [0.25, 0.3) is 0 Å². The van der Waals surface area contributed by atoms with Gasteiger partial charge in [-0.25, -0.2) is 9.97 Å². The number of hydrogen-bond acceptors (Lipinski definition) is 5. The van der Waals surface area contributed by atoms with Gasteiger partial charge in [0, 0.05) is 7.11 Å². The van der Waals surface area contributed by atoms with Crippen LogP contribution in [-0.4, -0.2) is 17.1 Å². The number of nitrogen functional groups attached to an aromatic ring is 1. The number of aromatic nitrogens is 2. The Morgan fingerprint density at radius 2 is 2.21 bits per heavy atom. The minimum Gasteiger partial charge on any atom is -0.382 e. The predicted molar refractivity (Wildman–Crippen MR) is 72.2 cm³/mol. The molecule has 5 nitrogen and oxygen atoms in total. The fraction of sp³-hybridized carbons (Fsp3) is 0.643. The third-order valence-corrected chi connectivity index (χ3v) is 3.98. The maximum Gasteiger partial charge on any atom is 0.162 e. The first-order valence-corrected chi connectivity index (χ1v) is 6.62. The summed E-state index contributed by atoms with van der Waals surface area (Å²) in [5.74, 6) is 1.45. The fourth-order valence-electron chi connectivity index (χ4n) is 2.92. The molecule has 2 N–H and O–H groups in total. The third-order valence-electron chi connectivity index (χ3n) is 3.98. The van der Waals surface area contributed by atoms with Crippen molar-refractivity contribution >= 4 is 5.82 Å². The van der Waals surface area contributed by atoms with Gasteiger partial charge in [0.1, 0.15) is 23.1 Å². The number of anilines is 1. The van der Waals surface area contributed by atoms with E-state index in [2.05, 4.69) is 16.9 Å². The lowest BCUT2D eigenvalue weighted by Crippen LogP contribution is -2.36. The average molecular weight is 260 g/mol. The zero-order valence-electron chi connectivity index (χ0n) is 11.7. The Morgan fingerprint density at radius 3 is 2.74 bits per heavy atom. The molecule has 2 rings (SSSR count). The Hall–Kier alpha value is -1.67. The summed E-state index contributed by atoms with van der Waals surface area (Å²) < 4.78 is 5.76. The highest BCUT2D eigenvalue weighted by molar-refractivity contribution is 5.50. The van der Waals surface area contributed by atoms with Crippen molar-refractivity contribution in [2.75, 3.05) is 12.8 Å². The molecule has 19 heavy (non-hydrogen) atoms. The summed E-state index contributed by atoms with van der Waals surface area (Å²) in [7, 11) is 1.70. The van der Waals surface area contributed by atoms with E-state index >= 15 is 0 Å². The van der Waals surface area contributed by atoms with Crippen LogP contribution in [0.25, 0.3) is 0 Å². The summed E-state index contributed by atoms with van der Waals surface area (Å²) in [5.41, 5.74) is 6.39. The SMILES string of the molecule is COC1(c2nc(C)c(C#N)c(N)n2)CCCC(C)C1. The van der Waals surface area contributed by atoms with E-state index in [1.807, 2.05) is 6.07 Å². The van der Waals surface area contributed by atoms with Gasteiger partial charge in [-0.1, -0.05) is 13.3 Å². The normalized spacial score (nSPS) is 26.9. The fourth-order valence-corrected chi connectivity index (χ4v) is 2.92. The second kappa shape index (κ2) is 5.14. The van der Waals surface area contributed by atoms with E-state index in [1.165, 1.54) is 6.42 Å². The van der Waals surface area contributed by atoms with Gasteiger partial charge in [-0.15, -0.1) is 0 Å². The molecule has 1 aliphatic carbocycles. The van der Waals surface area contributed by atoms with Crippen LogP contribution in [0.3, 0.4) is 0 Å². The van der Waals surface area contributed by atoms with Crippen molar-refractivity contribution in [2.45, 2.75) is 45.1 Å². The number of hydrogen-bond donors (Lipinski definition) is 1. The van der Waals surface area contributed by atoms with Gasteiger partial charge in [0.15, 0.2) is 5.82 Å². The summed E-state index contributed by atoms with van der Waals surface area (Å²) in [6, 6.07) is 2.04. The predicted octanol–water partition coefficient (Wildman–Crippen LogP) is 2.29. The summed E-state index contributed by atoms with van der Waals surface area (Å²) in [5, 5.41) is 9.02. The Morgan fingerprint density at radius 1 is 1.47 bits per heavy atom. The molecule has 0 bridgehead atoms. The lowest BCUT2D eigenvalue weighted by Gasteiger charge is -2.37. The average Bonchev–Trinajstić information content (AvgIpc) is 2.38. The largest absolute Gasteiger partial charge is 0.382 e. The molecule has 2 unspecified atom stereocenters. The molecule has 1 aromatic heterocycles. The zero-order valence-corrected chi connectivity index (χ0v) is 11.7. The van der Waals surface area contributed by atoms with Crippen molar-refractivity contribution in [1.82, 2.24) is 9.97 Å². The number of nitrogens with zero attached hydrogens (tertiary/aromatic N) is 3. The molecule has 0 aromatic carbocycles. The van der Waals surface area contributed by atoms with E-state index in [4.69, 9.17) is 15.7 Å². The molecule has 1 aliphatic rings. The van der Waals surface area contributed by atoms with Crippen LogP contribution < -0.4 is 5.73 Å². The molecule has 0 radical (unpaired) electrons. The second-order valence-corrected chi connectivity index (χ2v) is 5.40. The van der Waals surface area contributed by atoms with Crippen LogP contribution in [0.4, 0.5) is 5.82 Å². The Balaban J connectivity index is 2.47. The molecule has 0 spiro atoms. The number of nitriles is 1. The summed E-state index contributed by atoms with van der Waals surface area (Å²) >= 11 is 0. The molecule has 0 amide bonds. The van der Waals surface area contributed by atoms with Crippen LogP contribution in [0.2, 0.25) is 0 Å². The smallest absolute Gasteiger partial charge is 0.162 e. The maximum atomic E-state index is 9.02. The van der Waals surface area contributed by atoms with Crippen LogP contribution in [0.15, 0.2) is 0 Å². The van der Waals surface area contributed by atoms with Crippen molar-refractivity contribution in [2.24, 2.45) is 5.92 Å². The maximum absolute atomic E-state index is 9.02. The standard InChI is InChI=1S/C14H20N4O/c1-9-5-4-6-14(7-9,19-3)13-17-10(2)11(8-15)12(16)18-13/h9H,4-7H2,1-3H3,(H2,16,17,18). The van der Waals surface area contributed by atoms with Gasteiger partial charge >= 0.3 is 0 Å². The minimum atomic E-state index is -0.454. The van der Waals surface area contributed by atoms with Gasteiger partial charge in [-0.3, -0.25) is 0 Å². The minimum absolute atomic E-state index is 0.250. The van der Waals surface area contributed by atoms with Gasteiger partial charge in [0.2, 0.25) is 0 Å². The van der Waals surface area contributed by atoms with Crippen LogP contribution in [0, 0.1) is 24.2 Å². The molecular weight excluding hydrogens is 240 g/mol. The number of ether oxygens (including phenoxy) is 1. The van der Waals surface area contributed by atoms with Crippen molar-refractivity contribution in [3.63, 3.8) is 0 Å². The molecule has 1 fully saturated rings. The first-order chi connectivity index (χ1) is 9.02. The molecule has 0 aliphatic heterocycles. The van der Waals surface area contributed by atoms with E-state index in [-0.39, 0.29) is 5.82 Å². The molecule has 1 heterocycles. The Labute approximate surface area is 113 Å². The highest BCUT2D eigenvalue weighted by atomic mass is 16.5. The molecular formula is C14H20N4O. The van der Waals surface area contributed by atoms with Crippen LogP contribution in [0.1, 0.15) is 49.7 Å². The quantitative estimate of drug-likeness (QED) is 0.881. The number of methoxy groups -OCH3 is 1. The number of rotatable bonds is 2. The first kappa shape index (κ1) is 13.8. The Bertz CT molecular complexity index is 500. The second-order valence-electron chi connectivity index (χ2n) is 5.40. The third kappa shape index (κ3) is 2.41. The van der Waals surface area contributed by atoms with E-state index in [0.29, 0.717) is 23.0 Å². The lowest BCUT2D eigenvalue weighted by molar-refractivity contribution is -0.0646. The Kier molecular flexibility index (Phi) is 3.72. The lowest BCUT2D eigenvalue weighted by atomic mass is 9.78. The van der Waals surface area contributed by atoms with Crippen LogP contribution >= 0.6 is 0 Å². The van der Waals surface area contributed by atoms with Crippen LogP contribution in [0.5, 0.6) is 0 Å². The van der Waals surface area contributed by atoms with E-state index < -0.39 is 5.60 Å². The molecule has 1 aromatic rings.